The second kappa shape index (κ2) is 4.63. The molecule has 90 valence electrons. The standard InChI is InChI=1S/C15H14N2O/c1-11-6-5-9-13(10-11)14-16-15(18-17-14)12-7-3-2-4-8-12/h2-10,15H,1H3,(H,16,17). The van der Waals surface area contributed by atoms with Crippen LogP contribution in [0.2, 0.25) is 0 Å². The highest BCUT2D eigenvalue weighted by molar-refractivity contribution is 5.99. The van der Waals surface area contributed by atoms with Crippen molar-refractivity contribution in [1.82, 2.24) is 5.48 Å². The van der Waals surface area contributed by atoms with Gasteiger partial charge in [-0.15, -0.1) is 0 Å². The molecule has 18 heavy (non-hydrogen) atoms. The van der Waals surface area contributed by atoms with E-state index in [0.717, 1.165) is 17.0 Å². The van der Waals surface area contributed by atoms with Gasteiger partial charge in [0, 0.05) is 11.1 Å². The van der Waals surface area contributed by atoms with Gasteiger partial charge in [-0.05, 0) is 13.0 Å². The summed E-state index contributed by atoms with van der Waals surface area (Å²) in [4.78, 5) is 10.0. The summed E-state index contributed by atoms with van der Waals surface area (Å²) in [5, 5.41) is 0. The van der Waals surface area contributed by atoms with Gasteiger partial charge in [0.25, 0.3) is 0 Å². The predicted octanol–water partition coefficient (Wildman–Crippen LogP) is 2.98. The second-order valence-corrected chi connectivity index (χ2v) is 4.33. The fourth-order valence-corrected chi connectivity index (χ4v) is 1.97. The number of hydrogen-bond donors (Lipinski definition) is 1. The molecule has 0 bridgehead atoms. The lowest BCUT2D eigenvalue weighted by molar-refractivity contribution is 0.0377. The molecule has 0 aromatic heterocycles. The highest BCUT2D eigenvalue weighted by Crippen LogP contribution is 2.22. The first-order chi connectivity index (χ1) is 8.83. The van der Waals surface area contributed by atoms with Gasteiger partial charge in [0.2, 0.25) is 6.23 Å². The average Bonchev–Trinajstić information content (AvgIpc) is 2.89. The molecule has 0 saturated carbocycles. The SMILES string of the molecule is Cc1cccc(C2=NC(c3ccccc3)ON2)c1. The number of rotatable bonds is 2. The number of nitrogens with one attached hydrogen (secondary N) is 1. The first-order valence-corrected chi connectivity index (χ1v) is 5.94. The van der Waals surface area contributed by atoms with E-state index in [1.807, 2.05) is 42.5 Å². The van der Waals surface area contributed by atoms with E-state index in [0.29, 0.717) is 0 Å². The molecular weight excluding hydrogens is 224 g/mol. The van der Waals surface area contributed by atoms with Gasteiger partial charge in [0.1, 0.15) is 0 Å². The zero-order valence-corrected chi connectivity index (χ0v) is 10.1. The molecule has 1 aliphatic rings. The summed E-state index contributed by atoms with van der Waals surface area (Å²) in [6, 6.07) is 18.2. The van der Waals surface area contributed by atoms with E-state index >= 15 is 0 Å². The molecule has 0 radical (unpaired) electrons. The van der Waals surface area contributed by atoms with Crippen molar-refractivity contribution in [1.29, 1.82) is 0 Å². The minimum atomic E-state index is -0.262. The molecule has 3 heteroatoms. The van der Waals surface area contributed by atoms with Gasteiger partial charge in [0.15, 0.2) is 5.84 Å². The van der Waals surface area contributed by atoms with Gasteiger partial charge >= 0.3 is 0 Å². The van der Waals surface area contributed by atoms with Crippen LogP contribution >= 0.6 is 0 Å². The molecule has 1 aliphatic heterocycles. The van der Waals surface area contributed by atoms with Gasteiger partial charge < -0.3 is 0 Å². The summed E-state index contributed by atoms with van der Waals surface area (Å²) in [7, 11) is 0. The third-order valence-electron chi connectivity index (χ3n) is 2.89. The molecule has 1 unspecified atom stereocenters. The van der Waals surface area contributed by atoms with Gasteiger partial charge in [-0.2, -0.15) is 0 Å². The number of benzene rings is 2. The van der Waals surface area contributed by atoms with Gasteiger partial charge in [-0.25, -0.2) is 15.3 Å². The van der Waals surface area contributed by atoms with Crippen molar-refractivity contribution in [3.8, 4) is 0 Å². The molecule has 0 fully saturated rings. The van der Waals surface area contributed by atoms with Crippen molar-refractivity contribution in [2.45, 2.75) is 13.2 Å². The van der Waals surface area contributed by atoms with Crippen LogP contribution in [0.3, 0.4) is 0 Å². The number of nitrogens with zero attached hydrogens (tertiary/aromatic N) is 1. The summed E-state index contributed by atoms with van der Waals surface area (Å²) in [6.07, 6.45) is -0.262. The Morgan fingerprint density at radius 3 is 2.67 bits per heavy atom. The number of amidine groups is 1. The van der Waals surface area contributed by atoms with Crippen LogP contribution in [0.15, 0.2) is 59.6 Å². The first kappa shape index (κ1) is 11.0. The Morgan fingerprint density at radius 2 is 1.89 bits per heavy atom. The summed E-state index contributed by atoms with van der Waals surface area (Å²) < 4.78 is 0. The molecule has 0 spiro atoms. The number of aliphatic imine (C=N–C) groups is 1. The zero-order valence-electron chi connectivity index (χ0n) is 10.1. The molecule has 1 heterocycles. The summed E-state index contributed by atoms with van der Waals surface area (Å²) in [5.41, 5.74) is 6.21. The maximum absolute atomic E-state index is 5.49. The fraction of sp³-hybridized carbons (Fsp3) is 0.133. The smallest absolute Gasteiger partial charge is 0.202 e. The molecule has 0 saturated heterocycles. The molecule has 3 rings (SSSR count). The van der Waals surface area contributed by atoms with Crippen LogP contribution in [0.4, 0.5) is 0 Å². The maximum Gasteiger partial charge on any atom is 0.202 e. The summed E-state index contributed by atoms with van der Waals surface area (Å²) >= 11 is 0. The summed E-state index contributed by atoms with van der Waals surface area (Å²) in [5.74, 6) is 0.785. The third-order valence-corrected chi connectivity index (χ3v) is 2.89. The van der Waals surface area contributed by atoms with Crippen LogP contribution < -0.4 is 5.48 Å². The topological polar surface area (TPSA) is 33.6 Å². The van der Waals surface area contributed by atoms with Crippen LogP contribution in [-0.2, 0) is 4.84 Å². The lowest BCUT2D eigenvalue weighted by atomic mass is 10.1. The third kappa shape index (κ3) is 2.13. The Morgan fingerprint density at radius 1 is 1.06 bits per heavy atom. The van der Waals surface area contributed by atoms with Crippen LogP contribution in [-0.4, -0.2) is 5.84 Å². The number of hydrogen-bond acceptors (Lipinski definition) is 3. The van der Waals surface area contributed by atoms with E-state index in [2.05, 4.69) is 29.5 Å². The Labute approximate surface area is 106 Å². The van der Waals surface area contributed by atoms with Gasteiger partial charge in [0.05, 0.1) is 0 Å². The van der Waals surface area contributed by atoms with Gasteiger partial charge in [-0.3, -0.25) is 0 Å². The average molecular weight is 238 g/mol. The van der Waals surface area contributed by atoms with Crippen LogP contribution in [0, 0.1) is 6.92 Å². The van der Waals surface area contributed by atoms with E-state index in [4.69, 9.17) is 4.84 Å². The summed E-state index contributed by atoms with van der Waals surface area (Å²) in [6.45, 7) is 2.06. The van der Waals surface area contributed by atoms with Gasteiger partial charge in [-0.1, -0.05) is 54.1 Å². The number of hydroxylamine groups is 1. The monoisotopic (exact) mass is 238 g/mol. The van der Waals surface area contributed by atoms with E-state index in [9.17, 15) is 0 Å². The van der Waals surface area contributed by atoms with Crippen molar-refractivity contribution < 1.29 is 4.84 Å². The van der Waals surface area contributed by atoms with E-state index in [-0.39, 0.29) is 6.23 Å². The molecule has 0 amide bonds. The van der Waals surface area contributed by atoms with Crippen molar-refractivity contribution >= 4 is 5.84 Å². The minimum Gasteiger partial charge on any atom is -0.246 e. The van der Waals surface area contributed by atoms with E-state index in [1.54, 1.807) is 0 Å². The normalized spacial score (nSPS) is 18.3. The predicted molar refractivity (Wildman–Crippen MR) is 71.1 cm³/mol. The molecule has 3 nitrogen and oxygen atoms in total. The molecule has 2 aromatic carbocycles. The van der Waals surface area contributed by atoms with Crippen LogP contribution in [0.5, 0.6) is 0 Å². The molecule has 2 aromatic rings. The fourth-order valence-electron chi connectivity index (χ4n) is 1.97. The lowest BCUT2D eigenvalue weighted by Crippen LogP contribution is -2.18. The Bertz CT molecular complexity index is 578. The molecule has 1 N–H and O–H groups in total. The van der Waals surface area contributed by atoms with Crippen molar-refractivity contribution in [3.63, 3.8) is 0 Å². The quantitative estimate of drug-likeness (QED) is 0.872. The van der Waals surface area contributed by atoms with Crippen molar-refractivity contribution in [2.75, 3.05) is 0 Å². The highest BCUT2D eigenvalue weighted by atomic mass is 16.7. The van der Waals surface area contributed by atoms with Crippen LogP contribution in [0.1, 0.15) is 22.9 Å². The molecular formula is C15H14N2O. The zero-order chi connectivity index (χ0) is 12.4. The second-order valence-electron chi connectivity index (χ2n) is 4.33. The van der Waals surface area contributed by atoms with E-state index < -0.39 is 0 Å². The minimum absolute atomic E-state index is 0.262. The largest absolute Gasteiger partial charge is 0.246 e. The highest BCUT2D eigenvalue weighted by Gasteiger charge is 2.20. The lowest BCUT2D eigenvalue weighted by Gasteiger charge is -2.04. The van der Waals surface area contributed by atoms with Crippen LogP contribution in [0.25, 0.3) is 0 Å². The Balaban J connectivity index is 1.88. The Hall–Kier alpha value is -2.13. The first-order valence-electron chi connectivity index (χ1n) is 5.94. The van der Waals surface area contributed by atoms with Crippen molar-refractivity contribution in [3.05, 3.63) is 71.3 Å². The Kier molecular flexibility index (Phi) is 2.82. The van der Waals surface area contributed by atoms with E-state index in [1.165, 1.54) is 5.56 Å². The molecule has 1 atom stereocenters. The maximum atomic E-state index is 5.49. The molecule has 0 aliphatic carbocycles. The van der Waals surface area contributed by atoms with Crippen molar-refractivity contribution in [2.24, 2.45) is 4.99 Å². The number of aryl methyl sites for hydroxylation is 1.